The monoisotopic (exact) mass is 372 g/mol. The minimum absolute atomic E-state index is 0.0331. The smallest absolute Gasteiger partial charge is 0.329 e. The second kappa shape index (κ2) is 7.99. The Morgan fingerprint density at radius 1 is 0.960 bits per heavy atom. The van der Waals surface area contributed by atoms with Crippen LogP contribution in [0.4, 0.5) is 13.2 Å². The maximum atomic E-state index is 13.1. The van der Waals surface area contributed by atoms with Gasteiger partial charge in [-0.3, -0.25) is 0 Å². The molecule has 0 heterocycles. The molecule has 0 spiro atoms. The van der Waals surface area contributed by atoms with Crippen LogP contribution in [0.25, 0.3) is 0 Å². The highest BCUT2D eigenvalue weighted by Crippen LogP contribution is 2.33. The van der Waals surface area contributed by atoms with Crippen LogP contribution in [0, 0.1) is 0 Å². The van der Waals surface area contributed by atoms with Gasteiger partial charge in [0.25, 0.3) is 0 Å². The van der Waals surface area contributed by atoms with Crippen molar-refractivity contribution in [1.82, 2.24) is 4.31 Å². The summed E-state index contributed by atoms with van der Waals surface area (Å²) in [6.07, 6.45) is -4.61. The highest BCUT2D eigenvalue weighted by atomic mass is 32.2. The van der Waals surface area contributed by atoms with Crippen LogP contribution in [0.5, 0.6) is 0 Å². The van der Waals surface area contributed by atoms with E-state index in [2.05, 4.69) is 0 Å². The van der Waals surface area contributed by atoms with E-state index in [-0.39, 0.29) is 25.2 Å². The SMILES string of the molecule is NCCN(Cc1ccccc1)S(=O)(=O)Cc1ccccc1C(F)(F)F. The molecule has 0 saturated heterocycles. The van der Waals surface area contributed by atoms with Crippen LogP contribution in [0.3, 0.4) is 0 Å². The molecule has 2 aromatic rings. The summed E-state index contributed by atoms with van der Waals surface area (Å²) in [6.45, 7) is 0.174. The first-order chi connectivity index (χ1) is 11.7. The Hall–Kier alpha value is -1.90. The second-order valence-corrected chi connectivity index (χ2v) is 7.49. The highest BCUT2D eigenvalue weighted by molar-refractivity contribution is 7.88. The van der Waals surface area contributed by atoms with Crippen molar-refractivity contribution in [1.29, 1.82) is 0 Å². The van der Waals surface area contributed by atoms with Gasteiger partial charge in [0.15, 0.2) is 0 Å². The number of halogens is 3. The van der Waals surface area contributed by atoms with Crippen molar-refractivity contribution in [3.63, 3.8) is 0 Å². The molecule has 0 fully saturated rings. The average Bonchev–Trinajstić information content (AvgIpc) is 2.54. The molecule has 136 valence electrons. The number of sulfonamides is 1. The van der Waals surface area contributed by atoms with Crippen LogP contribution >= 0.6 is 0 Å². The Kier molecular flexibility index (Phi) is 6.21. The fourth-order valence-corrected chi connectivity index (χ4v) is 4.01. The molecule has 0 amide bonds. The predicted molar refractivity (Wildman–Crippen MR) is 90.0 cm³/mol. The lowest BCUT2D eigenvalue weighted by Crippen LogP contribution is -2.36. The second-order valence-electron chi connectivity index (χ2n) is 5.52. The number of alkyl halides is 3. The molecule has 0 radical (unpaired) electrons. The van der Waals surface area contributed by atoms with Gasteiger partial charge in [-0.05, 0) is 17.2 Å². The first-order valence-corrected chi connectivity index (χ1v) is 9.22. The quantitative estimate of drug-likeness (QED) is 0.813. The lowest BCUT2D eigenvalue weighted by molar-refractivity contribution is -0.138. The molecule has 0 atom stereocenters. The van der Waals surface area contributed by atoms with E-state index < -0.39 is 27.5 Å². The Balaban J connectivity index is 2.29. The van der Waals surface area contributed by atoms with E-state index in [9.17, 15) is 21.6 Å². The van der Waals surface area contributed by atoms with Gasteiger partial charge in [0.1, 0.15) is 0 Å². The van der Waals surface area contributed by atoms with Crippen LogP contribution < -0.4 is 5.73 Å². The maximum Gasteiger partial charge on any atom is 0.416 e. The van der Waals surface area contributed by atoms with Gasteiger partial charge < -0.3 is 5.73 Å². The summed E-state index contributed by atoms with van der Waals surface area (Å²) in [5, 5.41) is 0. The van der Waals surface area contributed by atoms with E-state index in [1.807, 2.05) is 0 Å². The van der Waals surface area contributed by atoms with Crippen LogP contribution in [0.15, 0.2) is 54.6 Å². The van der Waals surface area contributed by atoms with Crippen LogP contribution in [0.1, 0.15) is 16.7 Å². The standard InChI is InChI=1S/C17H19F3N2O2S/c18-17(19,20)16-9-5-4-8-15(16)13-25(23,24)22(11-10-21)12-14-6-2-1-3-7-14/h1-9H,10-13,21H2. The van der Waals surface area contributed by atoms with Gasteiger partial charge in [0.2, 0.25) is 10.0 Å². The third-order valence-electron chi connectivity index (χ3n) is 3.63. The third kappa shape index (κ3) is 5.29. The first-order valence-electron chi connectivity index (χ1n) is 7.61. The van der Waals surface area contributed by atoms with E-state index in [1.165, 1.54) is 18.2 Å². The number of rotatable bonds is 7. The minimum atomic E-state index is -4.61. The molecule has 0 aliphatic heterocycles. The molecule has 0 bridgehead atoms. The molecule has 0 aliphatic rings. The number of nitrogens with two attached hydrogens (primary N) is 1. The Morgan fingerprint density at radius 3 is 2.16 bits per heavy atom. The first kappa shape index (κ1) is 19.4. The van der Waals surface area contributed by atoms with Gasteiger partial charge in [0.05, 0.1) is 11.3 Å². The summed E-state index contributed by atoms with van der Waals surface area (Å²) in [5.74, 6) is -0.727. The van der Waals surface area contributed by atoms with Crippen LogP contribution in [-0.2, 0) is 28.5 Å². The fourth-order valence-electron chi connectivity index (χ4n) is 2.46. The fraction of sp³-hybridized carbons (Fsp3) is 0.294. The molecule has 4 nitrogen and oxygen atoms in total. The topological polar surface area (TPSA) is 63.4 Å². The van der Waals surface area contributed by atoms with Gasteiger partial charge in [0, 0.05) is 19.6 Å². The molecule has 2 N–H and O–H groups in total. The van der Waals surface area contributed by atoms with E-state index in [0.29, 0.717) is 0 Å². The molecular weight excluding hydrogens is 353 g/mol. The van der Waals surface area contributed by atoms with Crippen LogP contribution in [-0.4, -0.2) is 25.8 Å². The molecule has 8 heteroatoms. The maximum absolute atomic E-state index is 13.1. The van der Waals surface area contributed by atoms with Gasteiger partial charge in [-0.2, -0.15) is 17.5 Å². The summed E-state index contributed by atoms with van der Waals surface area (Å²) < 4.78 is 65.7. The zero-order chi connectivity index (χ0) is 18.5. The summed E-state index contributed by atoms with van der Waals surface area (Å²) in [5.41, 5.74) is 5.01. The largest absolute Gasteiger partial charge is 0.416 e. The average molecular weight is 372 g/mol. The summed E-state index contributed by atoms with van der Waals surface area (Å²) in [7, 11) is -3.97. The van der Waals surface area contributed by atoms with Crippen molar-refractivity contribution in [3.05, 3.63) is 71.3 Å². The van der Waals surface area contributed by atoms with Gasteiger partial charge >= 0.3 is 6.18 Å². The number of benzene rings is 2. The summed E-state index contributed by atoms with van der Waals surface area (Å²) in [4.78, 5) is 0. The molecule has 2 rings (SSSR count). The minimum Gasteiger partial charge on any atom is -0.329 e. The van der Waals surface area contributed by atoms with Crippen molar-refractivity contribution in [3.8, 4) is 0 Å². The predicted octanol–water partition coefficient (Wildman–Crippen LogP) is 3.00. The highest BCUT2D eigenvalue weighted by Gasteiger charge is 2.35. The normalized spacial score (nSPS) is 12.5. The van der Waals surface area contributed by atoms with Crippen LogP contribution in [0.2, 0.25) is 0 Å². The van der Waals surface area contributed by atoms with Gasteiger partial charge in [-0.1, -0.05) is 48.5 Å². The molecule has 0 unspecified atom stereocenters. The third-order valence-corrected chi connectivity index (χ3v) is 5.41. The number of hydrogen-bond acceptors (Lipinski definition) is 3. The van der Waals surface area contributed by atoms with Crippen molar-refractivity contribution >= 4 is 10.0 Å². The van der Waals surface area contributed by atoms with Gasteiger partial charge in [-0.15, -0.1) is 0 Å². The van der Waals surface area contributed by atoms with Crippen molar-refractivity contribution in [2.24, 2.45) is 5.73 Å². The zero-order valence-electron chi connectivity index (χ0n) is 13.4. The molecule has 0 aromatic heterocycles. The molecule has 0 saturated carbocycles. The molecule has 25 heavy (non-hydrogen) atoms. The number of nitrogens with zero attached hydrogens (tertiary/aromatic N) is 1. The Bertz CT molecular complexity index is 793. The Labute approximate surface area is 145 Å². The molecule has 2 aromatic carbocycles. The van der Waals surface area contributed by atoms with Crippen molar-refractivity contribution < 1.29 is 21.6 Å². The van der Waals surface area contributed by atoms with E-state index in [1.54, 1.807) is 30.3 Å². The van der Waals surface area contributed by atoms with Crippen molar-refractivity contribution in [2.45, 2.75) is 18.5 Å². The van der Waals surface area contributed by atoms with Crippen molar-refractivity contribution in [2.75, 3.05) is 13.1 Å². The summed E-state index contributed by atoms with van der Waals surface area (Å²) >= 11 is 0. The molecular formula is C17H19F3N2O2S. The van der Waals surface area contributed by atoms with E-state index >= 15 is 0 Å². The van der Waals surface area contributed by atoms with E-state index in [0.717, 1.165) is 15.9 Å². The lowest BCUT2D eigenvalue weighted by Gasteiger charge is -2.22. The van der Waals surface area contributed by atoms with E-state index in [4.69, 9.17) is 5.73 Å². The summed E-state index contributed by atoms with van der Waals surface area (Å²) in [6, 6.07) is 13.5. The Morgan fingerprint density at radius 2 is 1.56 bits per heavy atom. The number of hydrogen-bond donors (Lipinski definition) is 1. The van der Waals surface area contributed by atoms with Gasteiger partial charge in [-0.25, -0.2) is 8.42 Å². The lowest BCUT2D eigenvalue weighted by atomic mass is 10.1. The molecule has 0 aliphatic carbocycles. The zero-order valence-corrected chi connectivity index (χ0v) is 14.2.